The standard InChI is InChI=1S/C12H10N6O3S/c1-8-6-22-12(14-8)5-21-11-3-2-9(18(19)20)4-10(11)17-7-13-15-16-17/h2-4,6-7H,5H2,1H3. The average Bonchev–Trinajstić information content (AvgIpc) is 3.16. The number of hydrogen-bond acceptors (Lipinski definition) is 8. The molecule has 0 aliphatic carbocycles. The van der Waals surface area contributed by atoms with Crippen molar-refractivity contribution in [3.63, 3.8) is 0 Å². The van der Waals surface area contributed by atoms with Crippen LogP contribution in [0.3, 0.4) is 0 Å². The minimum atomic E-state index is -0.484. The summed E-state index contributed by atoms with van der Waals surface area (Å²) in [7, 11) is 0. The smallest absolute Gasteiger partial charge is 0.271 e. The van der Waals surface area contributed by atoms with Gasteiger partial charge in [0.2, 0.25) is 0 Å². The Bertz CT molecular complexity index is 801. The summed E-state index contributed by atoms with van der Waals surface area (Å²) in [6.45, 7) is 2.17. The molecule has 10 heteroatoms. The highest BCUT2D eigenvalue weighted by molar-refractivity contribution is 7.09. The summed E-state index contributed by atoms with van der Waals surface area (Å²) < 4.78 is 7.02. The van der Waals surface area contributed by atoms with Gasteiger partial charge in [0.1, 0.15) is 29.4 Å². The van der Waals surface area contributed by atoms with Crippen LogP contribution in [-0.4, -0.2) is 30.1 Å². The third-order valence-corrected chi connectivity index (χ3v) is 3.71. The number of aryl methyl sites for hydroxylation is 1. The summed E-state index contributed by atoms with van der Waals surface area (Å²) in [5.74, 6) is 0.436. The number of tetrazole rings is 1. The Kier molecular flexibility index (Phi) is 3.74. The number of benzene rings is 1. The zero-order valence-corrected chi connectivity index (χ0v) is 12.2. The number of hydrogen-bond donors (Lipinski definition) is 0. The van der Waals surface area contributed by atoms with Crippen LogP contribution in [0.4, 0.5) is 5.69 Å². The molecule has 2 aromatic heterocycles. The largest absolute Gasteiger partial charge is 0.484 e. The predicted molar refractivity (Wildman–Crippen MR) is 77.0 cm³/mol. The van der Waals surface area contributed by atoms with Crippen LogP contribution in [-0.2, 0) is 6.61 Å². The molecule has 9 nitrogen and oxygen atoms in total. The van der Waals surface area contributed by atoms with Crippen LogP contribution >= 0.6 is 11.3 Å². The number of aromatic nitrogens is 5. The number of thiazole rings is 1. The highest BCUT2D eigenvalue weighted by Crippen LogP contribution is 2.28. The first-order chi connectivity index (χ1) is 10.6. The lowest BCUT2D eigenvalue weighted by Gasteiger charge is -2.09. The van der Waals surface area contributed by atoms with Crippen molar-refractivity contribution in [3.8, 4) is 11.4 Å². The van der Waals surface area contributed by atoms with Gasteiger partial charge in [0.15, 0.2) is 0 Å². The lowest BCUT2D eigenvalue weighted by atomic mass is 10.2. The fourth-order valence-corrected chi connectivity index (χ4v) is 2.48. The van der Waals surface area contributed by atoms with E-state index in [1.165, 1.54) is 40.5 Å². The number of non-ortho nitro benzene ring substituents is 1. The van der Waals surface area contributed by atoms with Gasteiger partial charge in [-0.05, 0) is 23.4 Å². The molecule has 3 aromatic rings. The Morgan fingerprint density at radius 2 is 2.32 bits per heavy atom. The maximum Gasteiger partial charge on any atom is 0.271 e. The second kappa shape index (κ2) is 5.85. The van der Waals surface area contributed by atoms with Gasteiger partial charge in [-0.15, -0.1) is 16.4 Å². The van der Waals surface area contributed by atoms with Crippen LogP contribution in [0.25, 0.3) is 5.69 Å². The van der Waals surface area contributed by atoms with Crippen molar-refractivity contribution in [1.82, 2.24) is 25.2 Å². The van der Waals surface area contributed by atoms with Crippen molar-refractivity contribution in [2.75, 3.05) is 0 Å². The van der Waals surface area contributed by atoms with E-state index in [1.807, 2.05) is 12.3 Å². The molecule has 0 saturated heterocycles. The van der Waals surface area contributed by atoms with Gasteiger partial charge in [0.25, 0.3) is 5.69 Å². The lowest BCUT2D eigenvalue weighted by molar-refractivity contribution is -0.384. The van der Waals surface area contributed by atoms with Crippen molar-refractivity contribution >= 4 is 17.0 Å². The van der Waals surface area contributed by atoms with Gasteiger partial charge in [-0.1, -0.05) is 0 Å². The molecule has 0 atom stereocenters. The minimum absolute atomic E-state index is 0.0667. The molecule has 0 aliphatic rings. The van der Waals surface area contributed by atoms with E-state index < -0.39 is 4.92 Å². The molecule has 0 radical (unpaired) electrons. The highest BCUT2D eigenvalue weighted by Gasteiger charge is 2.15. The van der Waals surface area contributed by atoms with Crippen LogP contribution in [0.1, 0.15) is 10.7 Å². The van der Waals surface area contributed by atoms with E-state index in [0.717, 1.165) is 10.7 Å². The zero-order valence-electron chi connectivity index (χ0n) is 11.4. The van der Waals surface area contributed by atoms with Crippen LogP contribution in [0, 0.1) is 17.0 Å². The van der Waals surface area contributed by atoms with Gasteiger partial charge >= 0.3 is 0 Å². The summed E-state index contributed by atoms with van der Waals surface area (Å²) in [6, 6.07) is 4.25. The molecule has 0 aliphatic heterocycles. The van der Waals surface area contributed by atoms with Crippen LogP contribution in [0.15, 0.2) is 29.9 Å². The van der Waals surface area contributed by atoms with Crippen molar-refractivity contribution in [3.05, 3.63) is 50.7 Å². The van der Waals surface area contributed by atoms with E-state index in [4.69, 9.17) is 4.74 Å². The molecule has 0 spiro atoms. The van der Waals surface area contributed by atoms with Gasteiger partial charge in [-0.3, -0.25) is 10.1 Å². The van der Waals surface area contributed by atoms with Gasteiger partial charge in [0.05, 0.1) is 4.92 Å². The van der Waals surface area contributed by atoms with E-state index in [2.05, 4.69) is 20.5 Å². The topological polar surface area (TPSA) is 109 Å². The fourth-order valence-electron chi connectivity index (χ4n) is 1.80. The first-order valence-electron chi connectivity index (χ1n) is 6.19. The van der Waals surface area contributed by atoms with Crippen LogP contribution in [0.5, 0.6) is 5.75 Å². The highest BCUT2D eigenvalue weighted by atomic mass is 32.1. The number of rotatable bonds is 5. The third kappa shape index (κ3) is 2.91. The number of nitrogens with zero attached hydrogens (tertiary/aromatic N) is 6. The van der Waals surface area contributed by atoms with E-state index in [1.54, 1.807) is 0 Å². The molecular formula is C12H10N6O3S. The molecule has 1 aromatic carbocycles. The van der Waals surface area contributed by atoms with Gasteiger partial charge in [0, 0.05) is 23.2 Å². The minimum Gasteiger partial charge on any atom is -0.484 e. The van der Waals surface area contributed by atoms with Crippen molar-refractivity contribution in [1.29, 1.82) is 0 Å². The molecule has 112 valence electrons. The normalized spacial score (nSPS) is 10.6. The summed E-state index contributed by atoms with van der Waals surface area (Å²) in [4.78, 5) is 14.7. The molecule has 0 saturated carbocycles. The van der Waals surface area contributed by atoms with Crippen molar-refractivity contribution in [2.24, 2.45) is 0 Å². The van der Waals surface area contributed by atoms with Gasteiger partial charge in [-0.2, -0.15) is 4.68 Å². The second-order valence-corrected chi connectivity index (χ2v) is 5.28. The van der Waals surface area contributed by atoms with Crippen molar-refractivity contribution in [2.45, 2.75) is 13.5 Å². The fraction of sp³-hybridized carbons (Fsp3) is 0.167. The van der Waals surface area contributed by atoms with E-state index in [0.29, 0.717) is 11.4 Å². The molecule has 2 heterocycles. The summed E-state index contributed by atoms with van der Waals surface area (Å²) in [6.07, 6.45) is 1.35. The SMILES string of the molecule is Cc1csc(COc2ccc([N+](=O)[O-])cc2-n2cnnn2)n1. The second-order valence-electron chi connectivity index (χ2n) is 4.33. The maximum atomic E-state index is 10.9. The summed E-state index contributed by atoms with van der Waals surface area (Å²) in [5.41, 5.74) is 1.25. The maximum absolute atomic E-state index is 10.9. The number of nitro benzene ring substituents is 1. The van der Waals surface area contributed by atoms with Crippen LogP contribution < -0.4 is 4.74 Å². The van der Waals surface area contributed by atoms with Gasteiger partial charge in [-0.25, -0.2) is 4.98 Å². The Morgan fingerprint density at radius 3 is 2.95 bits per heavy atom. The molecule has 0 unspecified atom stereocenters. The molecule has 22 heavy (non-hydrogen) atoms. The molecule has 0 fully saturated rings. The average molecular weight is 318 g/mol. The summed E-state index contributed by atoms with van der Waals surface area (Å²) >= 11 is 1.49. The number of nitro groups is 1. The Hall–Kier alpha value is -2.88. The van der Waals surface area contributed by atoms with E-state index >= 15 is 0 Å². The van der Waals surface area contributed by atoms with E-state index in [9.17, 15) is 10.1 Å². The number of ether oxygens (including phenoxy) is 1. The van der Waals surface area contributed by atoms with Crippen LogP contribution in [0.2, 0.25) is 0 Å². The monoisotopic (exact) mass is 318 g/mol. The first-order valence-corrected chi connectivity index (χ1v) is 7.07. The molecule has 0 bridgehead atoms. The molecule has 0 N–H and O–H groups in total. The Labute approximate surface area is 128 Å². The first kappa shape index (κ1) is 14.1. The molecule has 3 rings (SSSR count). The quantitative estimate of drug-likeness (QED) is 0.522. The zero-order chi connectivity index (χ0) is 15.5. The Balaban J connectivity index is 1.90. The molecule has 0 amide bonds. The Morgan fingerprint density at radius 1 is 1.45 bits per heavy atom. The third-order valence-electron chi connectivity index (χ3n) is 2.77. The van der Waals surface area contributed by atoms with Gasteiger partial charge < -0.3 is 4.74 Å². The predicted octanol–water partition coefficient (Wildman–Crippen LogP) is 1.91. The van der Waals surface area contributed by atoms with E-state index in [-0.39, 0.29) is 12.3 Å². The summed E-state index contributed by atoms with van der Waals surface area (Å²) in [5, 5.41) is 24.5. The molecular weight excluding hydrogens is 308 g/mol. The lowest BCUT2D eigenvalue weighted by Crippen LogP contribution is -2.03. The van der Waals surface area contributed by atoms with Crippen molar-refractivity contribution < 1.29 is 9.66 Å².